The van der Waals surface area contributed by atoms with E-state index in [9.17, 15) is 9.59 Å². The standard InChI is InChI=1S/C23H29N3O2/c1-17(23(28)25-21-11-9-20(10-12-21)22(24)27)26-15-13-19(14-16-26)8-7-18-5-3-2-4-6-18/h2-6,9-12,17,19H,7-8,13-16H2,1H3,(H2,24,27)(H,25,28)/t17-/m0/s1. The molecule has 0 saturated carbocycles. The van der Waals surface area contributed by atoms with E-state index < -0.39 is 5.91 Å². The maximum absolute atomic E-state index is 12.6. The quantitative estimate of drug-likeness (QED) is 0.774. The second-order valence-corrected chi connectivity index (χ2v) is 7.61. The van der Waals surface area contributed by atoms with Gasteiger partial charge in [-0.3, -0.25) is 14.5 Å². The summed E-state index contributed by atoms with van der Waals surface area (Å²) < 4.78 is 0. The van der Waals surface area contributed by atoms with Gasteiger partial charge >= 0.3 is 0 Å². The number of carbonyl (C=O) groups is 2. The molecule has 1 aliphatic heterocycles. The van der Waals surface area contributed by atoms with E-state index in [4.69, 9.17) is 5.73 Å². The topological polar surface area (TPSA) is 75.4 Å². The van der Waals surface area contributed by atoms with Gasteiger partial charge < -0.3 is 11.1 Å². The van der Waals surface area contributed by atoms with Gasteiger partial charge in [0.2, 0.25) is 11.8 Å². The largest absolute Gasteiger partial charge is 0.366 e. The molecular weight excluding hydrogens is 350 g/mol. The highest BCUT2D eigenvalue weighted by molar-refractivity contribution is 5.96. The lowest BCUT2D eigenvalue weighted by atomic mass is 9.90. The van der Waals surface area contributed by atoms with Gasteiger partial charge in [0, 0.05) is 11.3 Å². The fourth-order valence-electron chi connectivity index (χ4n) is 3.77. The smallest absolute Gasteiger partial charge is 0.248 e. The Morgan fingerprint density at radius 1 is 1.07 bits per heavy atom. The number of likely N-dealkylation sites (tertiary alicyclic amines) is 1. The van der Waals surface area contributed by atoms with Crippen LogP contribution in [0, 0.1) is 5.92 Å². The molecule has 2 aromatic rings. The lowest BCUT2D eigenvalue weighted by molar-refractivity contribution is -0.121. The van der Waals surface area contributed by atoms with E-state index in [1.807, 2.05) is 6.92 Å². The number of carbonyl (C=O) groups excluding carboxylic acids is 2. The third kappa shape index (κ3) is 5.42. The number of hydrogen-bond acceptors (Lipinski definition) is 3. The zero-order valence-electron chi connectivity index (χ0n) is 16.4. The van der Waals surface area contributed by atoms with E-state index in [0.717, 1.165) is 38.3 Å². The number of aryl methyl sites for hydroxylation is 1. The number of hydrogen-bond donors (Lipinski definition) is 2. The van der Waals surface area contributed by atoms with Crippen LogP contribution in [0.25, 0.3) is 0 Å². The van der Waals surface area contributed by atoms with Crippen LogP contribution in [0.3, 0.4) is 0 Å². The normalized spacial score (nSPS) is 16.5. The summed E-state index contributed by atoms with van der Waals surface area (Å²) in [5.41, 5.74) is 7.76. The zero-order valence-corrected chi connectivity index (χ0v) is 16.4. The van der Waals surface area contributed by atoms with Crippen molar-refractivity contribution in [3.05, 3.63) is 65.7 Å². The Kier molecular flexibility index (Phi) is 6.82. The third-order valence-electron chi connectivity index (χ3n) is 5.70. The number of piperidine rings is 1. The Morgan fingerprint density at radius 2 is 1.71 bits per heavy atom. The number of rotatable bonds is 7. The summed E-state index contributed by atoms with van der Waals surface area (Å²) in [5.74, 6) is 0.240. The number of nitrogens with one attached hydrogen (secondary N) is 1. The van der Waals surface area contributed by atoms with Crippen molar-refractivity contribution >= 4 is 17.5 Å². The van der Waals surface area contributed by atoms with Gasteiger partial charge in [0.15, 0.2) is 0 Å². The minimum Gasteiger partial charge on any atom is -0.366 e. The van der Waals surface area contributed by atoms with Crippen molar-refractivity contribution in [1.82, 2.24) is 4.90 Å². The molecule has 0 spiro atoms. The summed E-state index contributed by atoms with van der Waals surface area (Å²) in [6.07, 6.45) is 4.61. The maximum atomic E-state index is 12.6. The number of anilines is 1. The molecule has 148 valence electrons. The molecule has 2 amide bonds. The first-order valence-electron chi connectivity index (χ1n) is 10.0. The first kappa shape index (κ1) is 20.1. The number of nitrogens with two attached hydrogens (primary N) is 1. The molecule has 0 radical (unpaired) electrons. The average molecular weight is 380 g/mol. The lowest BCUT2D eigenvalue weighted by Gasteiger charge is -2.35. The van der Waals surface area contributed by atoms with Crippen molar-refractivity contribution in [1.29, 1.82) is 0 Å². The number of primary amides is 1. The van der Waals surface area contributed by atoms with Gasteiger partial charge in [-0.2, -0.15) is 0 Å². The Balaban J connectivity index is 1.44. The van der Waals surface area contributed by atoms with Crippen LogP contribution in [-0.4, -0.2) is 35.8 Å². The van der Waals surface area contributed by atoms with Crippen LogP contribution in [-0.2, 0) is 11.2 Å². The van der Waals surface area contributed by atoms with Crippen LogP contribution < -0.4 is 11.1 Å². The molecule has 0 unspecified atom stereocenters. The van der Waals surface area contributed by atoms with Gasteiger partial charge in [-0.1, -0.05) is 30.3 Å². The molecule has 3 N–H and O–H groups in total. The van der Waals surface area contributed by atoms with Gasteiger partial charge in [0.25, 0.3) is 0 Å². The highest BCUT2D eigenvalue weighted by Gasteiger charge is 2.26. The van der Waals surface area contributed by atoms with Crippen molar-refractivity contribution in [2.45, 2.75) is 38.6 Å². The summed E-state index contributed by atoms with van der Waals surface area (Å²) in [4.78, 5) is 26.0. The summed E-state index contributed by atoms with van der Waals surface area (Å²) in [5, 5.41) is 2.93. The monoisotopic (exact) mass is 379 g/mol. The van der Waals surface area contributed by atoms with Gasteiger partial charge in [-0.15, -0.1) is 0 Å². The molecule has 1 aliphatic rings. The third-order valence-corrected chi connectivity index (χ3v) is 5.70. The highest BCUT2D eigenvalue weighted by Crippen LogP contribution is 2.24. The van der Waals surface area contributed by atoms with Crippen molar-refractivity contribution < 1.29 is 9.59 Å². The van der Waals surface area contributed by atoms with Crippen molar-refractivity contribution in [3.63, 3.8) is 0 Å². The van der Waals surface area contributed by atoms with E-state index >= 15 is 0 Å². The second kappa shape index (κ2) is 9.51. The fraction of sp³-hybridized carbons (Fsp3) is 0.391. The molecular formula is C23H29N3O2. The predicted octanol–water partition coefficient (Wildman–Crippen LogP) is 3.46. The van der Waals surface area contributed by atoms with Crippen LogP contribution in [0.4, 0.5) is 5.69 Å². The summed E-state index contributed by atoms with van der Waals surface area (Å²) in [7, 11) is 0. The molecule has 5 nitrogen and oxygen atoms in total. The van der Waals surface area contributed by atoms with E-state index in [1.54, 1.807) is 24.3 Å². The summed E-state index contributed by atoms with van der Waals surface area (Å²) >= 11 is 0. The van der Waals surface area contributed by atoms with Crippen molar-refractivity contribution in [2.24, 2.45) is 11.7 Å². The average Bonchev–Trinajstić information content (AvgIpc) is 2.73. The summed E-state index contributed by atoms with van der Waals surface area (Å²) in [6, 6.07) is 17.1. The molecule has 28 heavy (non-hydrogen) atoms. The van der Waals surface area contributed by atoms with E-state index in [2.05, 4.69) is 40.5 Å². The van der Waals surface area contributed by atoms with Gasteiger partial charge in [-0.05, 0) is 81.4 Å². The second-order valence-electron chi connectivity index (χ2n) is 7.61. The Hall–Kier alpha value is -2.66. The number of benzene rings is 2. The lowest BCUT2D eigenvalue weighted by Crippen LogP contribution is -2.46. The van der Waals surface area contributed by atoms with Crippen LogP contribution in [0.5, 0.6) is 0 Å². The Labute approximate surface area is 166 Å². The van der Waals surface area contributed by atoms with E-state index in [1.165, 1.54) is 12.0 Å². The molecule has 1 fully saturated rings. The molecule has 0 aromatic heterocycles. The first-order chi connectivity index (χ1) is 13.5. The van der Waals surface area contributed by atoms with Crippen LogP contribution >= 0.6 is 0 Å². The molecule has 1 heterocycles. The molecule has 1 atom stereocenters. The number of nitrogens with zero attached hydrogens (tertiary/aromatic N) is 1. The predicted molar refractivity (Wildman–Crippen MR) is 112 cm³/mol. The molecule has 0 aliphatic carbocycles. The van der Waals surface area contributed by atoms with E-state index in [-0.39, 0.29) is 11.9 Å². The minimum atomic E-state index is -0.471. The Morgan fingerprint density at radius 3 is 2.32 bits per heavy atom. The van der Waals surface area contributed by atoms with Crippen LogP contribution in [0.15, 0.2) is 54.6 Å². The zero-order chi connectivity index (χ0) is 19.9. The molecule has 1 saturated heterocycles. The van der Waals surface area contributed by atoms with Gasteiger partial charge in [0.05, 0.1) is 6.04 Å². The summed E-state index contributed by atoms with van der Waals surface area (Å²) in [6.45, 7) is 3.86. The molecule has 0 bridgehead atoms. The van der Waals surface area contributed by atoms with Crippen molar-refractivity contribution in [3.8, 4) is 0 Å². The molecule has 5 heteroatoms. The molecule has 2 aromatic carbocycles. The van der Waals surface area contributed by atoms with E-state index in [0.29, 0.717) is 11.3 Å². The first-order valence-corrected chi connectivity index (χ1v) is 10.0. The van der Waals surface area contributed by atoms with Crippen LogP contribution in [0.2, 0.25) is 0 Å². The number of amides is 2. The maximum Gasteiger partial charge on any atom is 0.248 e. The molecule has 3 rings (SSSR count). The fourth-order valence-corrected chi connectivity index (χ4v) is 3.77. The SMILES string of the molecule is C[C@@H](C(=O)Nc1ccc(C(N)=O)cc1)N1CCC(CCc2ccccc2)CC1. The van der Waals surface area contributed by atoms with Crippen molar-refractivity contribution in [2.75, 3.05) is 18.4 Å². The highest BCUT2D eigenvalue weighted by atomic mass is 16.2. The Bertz CT molecular complexity index is 781. The van der Waals surface area contributed by atoms with Gasteiger partial charge in [-0.25, -0.2) is 0 Å². The minimum absolute atomic E-state index is 0.0189. The van der Waals surface area contributed by atoms with Crippen LogP contribution in [0.1, 0.15) is 42.1 Å². The van der Waals surface area contributed by atoms with Gasteiger partial charge in [0.1, 0.15) is 0 Å².